The monoisotopic (exact) mass is 423 g/mol. The van der Waals surface area contributed by atoms with Crippen LogP contribution < -0.4 is 14.8 Å². The third kappa shape index (κ3) is 4.73. The van der Waals surface area contributed by atoms with Crippen molar-refractivity contribution < 1.29 is 31.9 Å². The number of nitriles is 1. The van der Waals surface area contributed by atoms with Crippen LogP contribution in [-0.4, -0.2) is 52.6 Å². The number of benzene rings is 1. The summed E-state index contributed by atoms with van der Waals surface area (Å²) in [4.78, 5) is 13.9. The summed E-state index contributed by atoms with van der Waals surface area (Å²) < 4.78 is 52.8. The number of hydrogen-bond acceptors (Lipinski definition) is 8. The van der Waals surface area contributed by atoms with Crippen molar-refractivity contribution in [1.82, 2.24) is 20.4 Å². The minimum atomic E-state index is -4.87. The average Bonchev–Trinajstić information content (AvgIpc) is 3.17. The first-order valence-electron chi connectivity index (χ1n) is 9.16. The van der Waals surface area contributed by atoms with Gasteiger partial charge in [-0.25, -0.2) is 0 Å². The van der Waals surface area contributed by atoms with E-state index in [1.165, 1.54) is 11.0 Å². The van der Waals surface area contributed by atoms with Gasteiger partial charge in [0.1, 0.15) is 11.5 Å². The van der Waals surface area contributed by atoms with Crippen LogP contribution >= 0.6 is 0 Å². The van der Waals surface area contributed by atoms with E-state index in [0.29, 0.717) is 19.5 Å². The molecule has 4 rings (SSSR count). The highest BCUT2D eigenvalue weighted by molar-refractivity contribution is 5.90. The molecule has 2 aliphatic rings. The number of likely N-dealkylation sites (tertiary alicyclic amines) is 1. The van der Waals surface area contributed by atoms with E-state index in [1.54, 1.807) is 0 Å². The van der Waals surface area contributed by atoms with Gasteiger partial charge in [-0.2, -0.15) is 5.26 Å². The zero-order valence-corrected chi connectivity index (χ0v) is 15.5. The standard InChI is InChI=1S/C18H16F3N5O4/c19-18(20,21)30-12-3-4-14(28-11-1-2-11)13(7-12)16-24-25-17(29-16)15(27)23-10-5-6-26(8-10)9-22/h3-4,7,10-11H,1-2,5-6,8H2,(H,23,27). The van der Waals surface area contributed by atoms with Crippen molar-refractivity contribution in [3.63, 3.8) is 0 Å². The maximum Gasteiger partial charge on any atom is 0.573 e. The van der Waals surface area contributed by atoms with Crippen molar-refractivity contribution >= 4 is 5.91 Å². The Labute approximate surface area is 168 Å². The number of carbonyl (C=O) groups excluding carboxylic acids is 1. The Kier molecular flexibility index (Phi) is 5.11. The van der Waals surface area contributed by atoms with Gasteiger partial charge >= 0.3 is 18.2 Å². The lowest BCUT2D eigenvalue weighted by molar-refractivity contribution is -0.274. The number of ether oxygens (including phenoxy) is 2. The second-order valence-electron chi connectivity index (χ2n) is 6.94. The zero-order valence-electron chi connectivity index (χ0n) is 15.5. The quantitative estimate of drug-likeness (QED) is 0.705. The Hall–Kier alpha value is -3.49. The molecule has 0 radical (unpaired) electrons. The van der Waals surface area contributed by atoms with Gasteiger partial charge in [-0.05, 0) is 37.5 Å². The number of nitrogens with zero attached hydrogens (tertiary/aromatic N) is 4. The van der Waals surface area contributed by atoms with Crippen molar-refractivity contribution in [2.24, 2.45) is 0 Å². The van der Waals surface area contributed by atoms with Crippen LogP contribution in [0.1, 0.15) is 29.9 Å². The molecule has 1 saturated heterocycles. The van der Waals surface area contributed by atoms with E-state index >= 15 is 0 Å². The smallest absolute Gasteiger partial charge is 0.490 e. The maximum absolute atomic E-state index is 12.6. The average molecular weight is 423 g/mol. The summed E-state index contributed by atoms with van der Waals surface area (Å²) in [6, 6.07) is 3.28. The number of nitrogens with one attached hydrogen (secondary N) is 1. The summed E-state index contributed by atoms with van der Waals surface area (Å²) in [5.41, 5.74) is 0.0896. The number of aromatic nitrogens is 2. The van der Waals surface area contributed by atoms with Crippen LogP contribution in [0.2, 0.25) is 0 Å². The van der Waals surface area contributed by atoms with E-state index in [1.807, 2.05) is 6.19 Å². The van der Waals surface area contributed by atoms with Gasteiger partial charge in [0.25, 0.3) is 5.89 Å². The normalized spacial score (nSPS) is 18.7. The topological polar surface area (TPSA) is 114 Å². The van der Waals surface area contributed by atoms with Crippen molar-refractivity contribution in [1.29, 1.82) is 5.26 Å². The van der Waals surface area contributed by atoms with E-state index in [2.05, 4.69) is 20.3 Å². The van der Waals surface area contributed by atoms with E-state index in [0.717, 1.165) is 25.0 Å². The Balaban J connectivity index is 1.54. The van der Waals surface area contributed by atoms with Crippen LogP contribution in [0.25, 0.3) is 11.5 Å². The summed E-state index contributed by atoms with van der Waals surface area (Å²) in [5, 5.41) is 19.0. The second-order valence-corrected chi connectivity index (χ2v) is 6.94. The van der Waals surface area contributed by atoms with Crippen molar-refractivity contribution in [3.8, 4) is 29.1 Å². The summed E-state index contributed by atoms with van der Waals surface area (Å²) in [6.45, 7) is 0.907. The van der Waals surface area contributed by atoms with Crippen LogP contribution in [-0.2, 0) is 0 Å². The van der Waals surface area contributed by atoms with Crippen LogP contribution in [0, 0.1) is 11.5 Å². The molecule has 1 atom stereocenters. The third-order valence-corrected chi connectivity index (χ3v) is 4.52. The summed E-state index contributed by atoms with van der Waals surface area (Å²) in [5.74, 6) is -1.38. The van der Waals surface area contributed by atoms with Gasteiger partial charge in [-0.3, -0.25) is 4.79 Å². The summed E-state index contributed by atoms with van der Waals surface area (Å²) in [6.07, 6.45) is -0.636. The molecule has 2 aromatic rings. The van der Waals surface area contributed by atoms with Gasteiger partial charge in [0, 0.05) is 19.1 Å². The number of alkyl halides is 3. The largest absolute Gasteiger partial charge is 0.573 e. The molecule has 0 spiro atoms. The molecular formula is C18H16F3N5O4. The van der Waals surface area contributed by atoms with Gasteiger partial charge in [-0.15, -0.1) is 23.4 Å². The maximum atomic E-state index is 12.6. The molecule has 1 aliphatic heterocycles. The lowest BCUT2D eigenvalue weighted by Gasteiger charge is -2.12. The Morgan fingerprint density at radius 3 is 2.77 bits per heavy atom. The number of rotatable bonds is 6. The number of amides is 1. The lowest BCUT2D eigenvalue weighted by atomic mass is 10.2. The predicted octanol–water partition coefficient (Wildman–Crippen LogP) is 2.46. The molecule has 12 heteroatoms. The highest BCUT2D eigenvalue weighted by Crippen LogP contribution is 2.38. The fourth-order valence-corrected chi connectivity index (χ4v) is 2.98. The van der Waals surface area contributed by atoms with Gasteiger partial charge in [0.05, 0.1) is 11.7 Å². The molecule has 1 aromatic heterocycles. The van der Waals surface area contributed by atoms with Crippen molar-refractivity contribution in [3.05, 3.63) is 24.1 Å². The Morgan fingerprint density at radius 1 is 1.30 bits per heavy atom. The highest BCUT2D eigenvalue weighted by Gasteiger charge is 2.33. The van der Waals surface area contributed by atoms with Crippen LogP contribution in [0.5, 0.6) is 11.5 Å². The van der Waals surface area contributed by atoms with Crippen molar-refractivity contribution in [2.45, 2.75) is 37.8 Å². The molecule has 30 heavy (non-hydrogen) atoms. The third-order valence-electron chi connectivity index (χ3n) is 4.52. The van der Waals surface area contributed by atoms with Crippen LogP contribution in [0.4, 0.5) is 13.2 Å². The first-order chi connectivity index (χ1) is 14.3. The second kappa shape index (κ2) is 7.74. The van der Waals surface area contributed by atoms with Gasteiger partial charge in [0.15, 0.2) is 6.19 Å². The van der Waals surface area contributed by atoms with E-state index in [-0.39, 0.29) is 35.2 Å². The molecule has 9 nitrogen and oxygen atoms in total. The zero-order chi connectivity index (χ0) is 21.3. The van der Waals surface area contributed by atoms with Crippen LogP contribution in [0.15, 0.2) is 22.6 Å². The molecule has 1 aliphatic carbocycles. The summed E-state index contributed by atoms with van der Waals surface area (Å²) >= 11 is 0. The molecule has 1 unspecified atom stereocenters. The molecule has 2 heterocycles. The molecular weight excluding hydrogens is 407 g/mol. The minimum Gasteiger partial charge on any atom is -0.490 e. The Bertz CT molecular complexity index is 983. The van der Waals surface area contributed by atoms with Crippen molar-refractivity contribution in [2.75, 3.05) is 13.1 Å². The first kappa shape index (κ1) is 19.8. The predicted molar refractivity (Wildman–Crippen MR) is 93.1 cm³/mol. The first-order valence-corrected chi connectivity index (χ1v) is 9.16. The lowest BCUT2D eigenvalue weighted by Crippen LogP contribution is -2.36. The number of halogens is 3. The van der Waals surface area contributed by atoms with E-state index < -0.39 is 18.0 Å². The molecule has 158 valence electrons. The molecule has 2 fully saturated rings. The fourth-order valence-electron chi connectivity index (χ4n) is 2.98. The molecule has 1 aromatic carbocycles. The van der Waals surface area contributed by atoms with E-state index in [4.69, 9.17) is 14.4 Å². The van der Waals surface area contributed by atoms with Crippen LogP contribution in [0.3, 0.4) is 0 Å². The molecule has 1 N–H and O–H groups in total. The van der Waals surface area contributed by atoms with E-state index in [9.17, 15) is 18.0 Å². The van der Waals surface area contributed by atoms with Gasteiger partial charge in [-0.1, -0.05) is 0 Å². The van der Waals surface area contributed by atoms with Gasteiger partial charge in [0.2, 0.25) is 0 Å². The summed E-state index contributed by atoms with van der Waals surface area (Å²) in [7, 11) is 0. The number of carbonyl (C=O) groups is 1. The molecule has 0 bridgehead atoms. The molecule has 1 amide bonds. The highest BCUT2D eigenvalue weighted by atomic mass is 19.4. The number of hydrogen-bond donors (Lipinski definition) is 1. The minimum absolute atomic E-state index is 0.0331. The van der Waals surface area contributed by atoms with Gasteiger partial charge < -0.3 is 24.1 Å². The Morgan fingerprint density at radius 2 is 2.10 bits per heavy atom. The fraction of sp³-hybridized carbons (Fsp3) is 0.444. The SMILES string of the molecule is N#CN1CCC(NC(=O)c2nnc(-c3cc(OC(F)(F)F)ccc3OC3CC3)o2)C1. The molecule has 1 saturated carbocycles.